The molecule has 2 saturated heterocycles. The van der Waals surface area contributed by atoms with Crippen molar-refractivity contribution in [2.24, 2.45) is 5.92 Å². The number of likely N-dealkylation sites (tertiary alicyclic amines) is 1. The molecule has 2 aliphatic heterocycles. The van der Waals surface area contributed by atoms with Gasteiger partial charge in [0.1, 0.15) is 0 Å². The molecule has 0 aliphatic carbocycles. The molecule has 0 bridgehead atoms. The number of rotatable bonds is 4. The van der Waals surface area contributed by atoms with Gasteiger partial charge in [0.15, 0.2) is 0 Å². The van der Waals surface area contributed by atoms with E-state index in [4.69, 9.17) is 0 Å². The monoisotopic (exact) mass is 389 g/mol. The first-order chi connectivity index (χ1) is 14.2. The summed E-state index contributed by atoms with van der Waals surface area (Å²) in [5.74, 6) is 0.102. The predicted molar refractivity (Wildman–Crippen MR) is 115 cm³/mol. The molecule has 0 spiro atoms. The van der Waals surface area contributed by atoms with Crippen molar-refractivity contribution in [1.29, 1.82) is 0 Å². The third-order valence-corrected chi connectivity index (χ3v) is 5.78. The average molecular weight is 389 g/mol. The van der Waals surface area contributed by atoms with E-state index in [1.165, 1.54) is 5.69 Å². The van der Waals surface area contributed by atoms with Crippen LogP contribution in [0.15, 0.2) is 66.7 Å². The molecule has 2 aromatic carbocycles. The minimum absolute atomic E-state index is 0.0157. The van der Waals surface area contributed by atoms with Gasteiger partial charge in [-0.1, -0.05) is 48.5 Å². The van der Waals surface area contributed by atoms with Crippen LogP contribution in [-0.4, -0.2) is 60.9 Å². The maximum Gasteiger partial charge on any atom is 0.246 e. The van der Waals surface area contributed by atoms with Gasteiger partial charge in [-0.3, -0.25) is 9.59 Å². The summed E-state index contributed by atoms with van der Waals surface area (Å²) >= 11 is 0. The highest BCUT2D eigenvalue weighted by atomic mass is 16.2. The lowest BCUT2D eigenvalue weighted by Gasteiger charge is -2.37. The van der Waals surface area contributed by atoms with Gasteiger partial charge < -0.3 is 14.7 Å². The molecular formula is C24H27N3O2. The van der Waals surface area contributed by atoms with Crippen LogP contribution in [0.1, 0.15) is 12.0 Å². The van der Waals surface area contributed by atoms with Crippen molar-refractivity contribution in [3.8, 4) is 0 Å². The Hall–Kier alpha value is -3.08. The van der Waals surface area contributed by atoms with Crippen molar-refractivity contribution in [3.63, 3.8) is 0 Å². The van der Waals surface area contributed by atoms with Gasteiger partial charge in [0, 0.05) is 51.0 Å². The minimum Gasteiger partial charge on any atom is -0.368 e. The lowest BCUT2D eigenvalue weighted by molar-refractivity contribution is -0.135. The summed E-state index contributed by atoms with van der Waals surface area (Å²) in [6.45, 7) is 4.36. The molecule has 0 saturated carbocycles. The first-order valence-electron chi connectivity index (χ1n) is 10.3. The second kappa shape index (κ2) is 8.95. The van der Waals surface area contributed by atoms with Gasteiger partial charge in [-0.25, -0.2) is 0 Å². The number of benzene rings is 2. The van der Waals surface area contributed by atoms with E-state index < -0.39 is 0 Å². The zero-order valence-electron chi connectivity index (χ0n) is 16.6. The fourth-order valence-electron chi connectivity index (χ4n) is 4.08. The minimum atomic E-state index is -0.0765. The Kier molecular flexibility index (Phi) is 5.94. The van der Waals surface area contributed by atoms with Crippen molar-refractivity contribution in [1.82, 2.24) is 9.80 Å². The first kappa shape index (κ1) is 19.2. The highest BCUT2D eigenvalue weighted by molar-refractivity contribution is 5.92. The Labute approximate surface area is 172 Å². The number of piperazine rings is 1. The van der Waals surface area contributed by atoms with E-state index in [0.717, 1.165) is 38.2 Å². The van der Waals surface area contributed by atoms with Crippen molar-refractivity contribution in [2.75, 3.05) is 44.2 Å². The van der Waals surface area contributed by atoms with Crippen LogP contribution in [0.5, 0.6) is 0 Å². The predicted octanol–water partition coefficient (Wildman–Crippen LogP) is 2.90. The fourth-order valence-corrected chi connectivity index (χ4v) is 4.08. The highest BCUT2D eigenvalue weighted by Crippen LogP contribution is 2.22. The van der Waals surface area contributed by atoms with E-state index in [1.54, 1.807) is 11.0 Å². The molecule has 2 heterocycles. The summed E-state index contributed by atoms with van der Waals surface area (Å²) in [4.78, 5) is 31.5. The summed E-state index contributed by atoms with van der Waals surface area (Å²) < 4.78 is 0. The summed E-state index contributed by atoms with van der Waals surface area (Å²) in [6.07, 6.45) is 4.20. The molecule has 2 fully saturated rings. The van der Waals surface area contributed by atoms with Crippen LogP contribution in [0.3, 0.4) is 0 Å². The lowest BCUT2D eigenvalue weighted by Crippen LogP contribution is -2.50. The molecule has 0 aromatic heterocycles. The number of hydrogen-bond donors (Lipinski definition) is 0. The standard InChI is InChI=1S/C24H27N3O2/c28-23(12-11-20-7-3-1-4-8-20)27-14-13-21(19-27)24(29)26-17-15-25(16-18-26)22-9-5-2-6-10-22/h1-12,21H,13-19H2/b12-11+. The van der Waals surface area contributed by atoms with Gasteiger partial charge in [0.25, 0.3) is 0 Å². The van der Waals surface area contributed by atoms with Crippen LogP contribution in [0, 0.1) is 5.92 Å². The number of carbonyl (C=O) groups excluding carboxylic acids is 2. The van der Waals surface area contributed by atoms with Crippen molar-refractivity contribution in [3.05, 3.63) is 72.3 Å². The molecule has 4 rings (SSSR count). The zero-order valence-corrected chi connectivity index (χ0v) is 16.6. The van der Waals surface area contributed by atoms with Gasteiger partial charge in [-0.15, -0.1) is 0 Å². The molecule has 150 valence electrons. The molecule has 5 heteroatoms. The summed E-state index contributed by atoms with van der Waals surface area (Å²) in [6, 6.07) is 20.1. The molecule has 2 aromatic rings. The molecule has 1 atom stereocenters. The average Bonchev–Trinajstić information content (AvgIpc) is 3.29. The van der Waals surface area contributed by atoms with Crippen LogP contribution in [0.2, 0.25) is 0 Å². The Morgan fingerprint density at radius 3 is 2.14 bits per heavy atom. The van der Waals surface area contributed by atoms with Gasteiger partial charge in [0.05, 0.1) is 5.92 Å². The Balaban J connectivity index is 1.27. The number of carbonyl (C=O) groups is 2. The number of anilines is 1. The number of para-hydroxylation sites is 1. The largest absolute Gasteiger partial charge is 0.368 e. The van der Waals surface area contributed by atoms with Crippen LogP contribution in [0.25, 0.3) is 6.08 Å². The maximum absolute atomic E-state index is 12.9. The van der Waals surface area contributed by atoms with Gasteiger partial charge >= 0.3 is 0 Å². The van der Waals surface area contributed by atoms with Gasteiger partial charge in [0.2, 0.25) is 11.8 Å². The highest BCUT2D eigenvalue weighted by Gasteiger charge is 2.34. The molecule has 0 N–H and O–H groups in total. The lowest BCUT2D eigenvalue weighted by atomic mass is 10.1. The van der Waals surface area contributed by atoms with Crippen LogP contribution in [0.4, 0.5) is 5.69 Å². The fraction of sp³-hybridized carbons (Fsp3) is 0.333. The van der Waals surface area contributed by atoms with E-state index in [-0.39, 0.29) is 17.7 Å². The molecule has 2 aliphatic rings. The van der Waals surface area contributed by atoms with E-state index in [1.807, 2.05) is 59.5 Å². The molecule has 5 nitrogen and oxygen atoms in total. The number of hydrogen-bond acceptors (Lipinski definition) is 3. The molecule has 2 amide bonds. The topological polar surface area (TPSA) is 43.9 Å². The summed E-state index contributed by atoms with van der Waals surface area (Å²) in [5, 5.41) is 0. The van der Waals surface area contributed by atoms with E-state index in [2.05, 4.69) is 17.0 Å². The first-order valence-corrected chi connectivity index (χ1v) is 10.3. The third kappa shape index (κ3) is 4.67. The van der Waals surface area contributed by atoms with Crippen molar-refractivity contribution < 1.29 is 9.59 Å². The van der Waals surface area contributed by atoms with E-state index in [9.17, 15) is 9.59 Å². The second-order valence-electron chi connectivity index (χ2n) is 7.66. The molecular weight excluding hydrogens is 362 g/mol. The third-order valence-electron chi connectivity index (χ3n) is 5.78. The summed E-state index contributed by atoms with van der Waals surface area (Å²) in [7, 11) is 0. The van der Waals surface area contributed by atoms with E-state index in [0.29, 0.717) is 13.1 Å². The van der Waals surface area contributed by atoms with E-state index >= 15 is 0 Å². The Morgan fingerprint density at radius 1 is 0.793 bits per heavy atom. The molecule has 0 radical (unpaired) electrons. The maximum atomic E-state index is 12.9. The SMILES string of the molecule is O=C(/C=C/c1ccccc1)N1CCC(C(=O)N2CCN(c3ccccc3)CC2)C1. The van der Waals surface area contributed by atoms with Crippen LogP contribution >= 0.6 is 0 Å². The number of amides is 2. The molecule has 29 heavy (non-hydrogen) atoms. The van der Waals surface area contributed by atoms with Crippen molar-refractivity contribution in [2.45, 2.75) is 6.42 Å². The smallest absolute Gasteiger partial charge is 0.246 e. The van der Waals surface area contributed by atoms with Crippen LogP contribution in [-0.2, 0) is 9.59 Å². The van der Waals surface area contributed by atoms with Crippen LogP contribution < -0.4 is 4.90 Å². The zero-order chi connectivity index (χ0) is 20.1. The summed E-state index contributed by atoms with van der Waals surface area (Å²) in [5.41, 5.74) is 2.21. The quantitative estimate of drug-likeness (QED) is 0.756. The Morgan fingerprint density at radius 2 is 1.45 bits per heavy atom. The molecule has 1 unspecified atom stereocenters. The second-order valence-corrected chi connectivity index (χ2v) is 7.66. The van der Waals surface area contributed by atoms with Gasteiger partial charge in [-0.05, 0) is 30.2 Å². The van der Waals surface area contributed by atoms with Gasteiger partial charge in [-0.2, -0.15) is 0 Å². The Bertz CT molecular complexity index is 858. The number of nitrogens with zero attached hydrogens (tertiary/aromatic N) is 3. The normalized spacial score (nSPS) is 19.7. The van der Waals surface area contributed by atoms with Crippen molar-refractivity contribution >= 4 is 23.6 Å².